The lowest BCUT2D eigenvalue weighted by molar-refractivity contribution is -0.126. The molecule has 0 saturated carbocycles. The fraction of sp³-hybridized carbons (Fsp3) is 0.600. The molecule has 0 bridgehead atoms. The van der Waals surface area contributed by atoms with Gasteiger partial charge < -0.3 is 5.32 Å². The van der Waals surface area contributed by atoms with Crippen LogP contribution in [0, 0.1) is 5.92 Å². The van der Waals surface area contributed by atoms with E-state index >= 15 is 0 Å². The second kappa shape index (κ2) is 8.08. The van der Waals surface area contributed by atoms with Gasteiger partial charge in [-0.05, 0) is 31.4 Å². The van der Waals surface area contributed by atoms with Crippen molar-refractivity contribution in [2.75, 3.05) is 19.6 Å². The summed E-state index contributed by atoms with van der Waals surface area (Å²) in [6.45, 7) is 3.39. The van der Waals surface area contributed by atoms with Crippen LogP contribution in [0.5, 0.6) is 0 Å². The van der Waals surface area contributed by atoms with Crippen molar-refractivity contribution >= 4 is 27.5 Å². The summed E-state index contributed by atoms with van der Waals surface area (Å²) in [7, 11) is -3.66. The number of carbonyl (C=O) groups excluding carboxylic acids is 1. The molecular weight excluding hydrogens is 338 g/mol. The fourth-order valence-electron chi connectivity index (χ4n) is 2.59. The number of nitrogens with one attached hydrogen (secondary N) is 1. The summed E-state index contributed by atoms with van der Waals surface area (Å²) in [5.74, 6) is -0.0995. The largest absolute Gasteiger partial charge is 0.356 e. The Hall–Kier alpha value is -1.18. The number of carbonyl (C=O) groups is 1. The van der Waals surface area contributed by atoms with E-state index in [9.17, 15) is 13.2 Å². The quantitative estimate of drug-likeness (QED) is 0.622. The SMILES string of the molecule is CCCCNC(=O)C1CCN(S(=O)(=O)c2cccnc2Cl)CC1. The van der Waals surface area contributed by atoms with Crippen molar-refractivity contribution in [2.24, 2.45) is 5.92 Å². The first-order valence-electron chi connectivity index (χ1n) is 7.85. The zero-order valence-corrected chi connectivity index (χ0v) is 14.7. The number of hydrogen-bond acceptors (Lipinski definition) is 4. The highest BCUT2D eigenvalue weighted by molar-refractivity contribution is 7.89. The smallest absolute Gasteiger partial charge is 0.246 e. The van der Waals surface area contributed by atoms with Gasteiger partial charge in [-0.25, -0.2) is 13.4 Å². The molecule has 6 nitrogen and oxygen atoms in total. The van der Waals surface area contributed by atoms with Gasteiger partial charge in [0.05, 0.1) is 0 Å². The molecule has 128 valence electrons. The summed E-state index contributed by atoms with van der Waals surface area (Å²) in [5, 5.41) is 2.89. The second-order valence-corrected chi connectivity index (χ2v) is 7.88. The van der Waals surface area contributed by atoms with Crippen LogP contribution in [-0.4, -0.2) is 43.2 Å². The molecular formula is C15H22ClN3O3S. The van der Waals surface area contributed by atoms with Gasteiger partial charge in [0, 0.05) is 31.7 Å². The van der Waals surface area contributed by atoms with Crippen LogP contribution in [0.2, 0.25) is 5.15 Å². The normalized spacial score (nSPS) is 17.1. The maximum atomic E-state index is 12.6. The van der Waals surface area contributed by atoms with Crippen LogP contribution in [-0.2, 0) is 14.8 Å². The lowest BCUT2D eigenvalue weighted by atomic mass is 9.97. The minimum atomic E-state index is -3.66. The van der Waals surface area contributed by atoms with Crippen LogP contribution in [0.3, 0.4) is 0 Å². The summed E-state index contributed by atoms with van der Waals surface area (Å²) < 4.78 is 26.6. The van der Waals surface area contributed by atoms with Crippen LogP contribution in [0.4, 0.5) is 0 Å². The molecule has 1 N–H and O–H groups in total. The molecule has 2 rings (SSSR count). The predicted molar refractivity (Wildman–Crippen MR) is 88.6 cm³/mol. The van der Waals surface area contributed by atoms with Gasteiger partial charge in [0.1, 0.15) is 10.0 Å². The Morgan fingerprint density at radius 2 is 2.13 bits per heavy atom. The van der Waals surface area contributed by atoms with E-state index in [0.29, 0.717) is 32.5 Å². The standard InChI is InChI=1S/C15H22ClN3O3S/c1-2-3-8-18-15(20)12-6-10-19(11-7-12)23(21,22)13-5-4-9-17-14(13)16/h4-5,9,12H,2-3,6-8,10-11H2,1H3,(H,18,20). The Morgan fingerprint density at radius 1 is 1.43 bits per heavy atom. The Bertz CT molecular complexity index is 643. The van der Waals surface area contributed by atoms with Crippen molar-refractivity contribution in [3.63, 3.8) is 0 Å². The zero-order valence-electron chi connectivity index (χ0n) is 13.2. The highest BCUT2D eigenvalue weighted by atomic mass is 35.5. The Labute approximate surface area is 142 Å². The first-order valence-corrected chi connectivity index (χ1v) is 9.67. The first-order chi connectivity index (χ1) is 11.0. The lowest BCUT2D eigenvalue weighted by Gasteiger charge is -2.30. The number of rotatable bonds is 6. The fourth-order valence-corrected chi connectivity index (χ4v) is 4.49. The molecule has 1 saturated heterocycles. The van der Waals surface area contributed by atoms with Crippen LogP contribution >= 0.6 is 11.6 Å². The van der Waals surface area contributed by atoms with Crippen molar-refractivity contribution in [3.05, 3.63) is 23.5 Å². The number of amides is 1. The van der Waals surface area contributed by atoms with Crippen LogP contribution in [0.1, 0.15) is 32.6 Å². The predicted octanol–water partition coefficient (Wildman–Crippen LogP) is 2.05. The maximum absolute atomic E-state index is 12.6. The van der Waals surface area contributed by atoms with E-state index in [1.165, 1.54) is 16.6 Å². The van der Waals surface area contributed by atoms with Gasteiger partial charge in [-0.15, -0.1) is 0 Å². The van der Waals surface area contributed by atoms with Crippen molar-refractivity contribution in [2.45, 2.75) is 37.5 Å². The number of unbranched alkanes of at least 4 members (excludes halogenated alkanes) is 1. The van der Waals surface area contributed by atoms with E-state index in [4.69, 9.17) is 11.6 Å². The van der Waals surface area contributed by atoms with Crippen molar-refractivity contribution < 1.29 is 13.2 Å². The molecule has 0 unspecified atom stereocenters. The average Bonchev–Trinajstić information content (AvgIpc) is 2.55. The molecule has 2 heterocycles. The number of halogens is 1. The Morgan fingerprint density at radius 3 is 2.74 bits per heavy atom. The van der Waals surface area contributed by atoms with Crippen LogP contribution < -0.4 is 5.32 Å². The number of sulfonamides is 1. The van der Waals surface area contributed by atoms with Crippen LogP contribution in [0.15, 0.2) is 23.2 Å². The topological polar surface area (TPSA) is 79.4 Å². The third-order valence-corrected chi connectivity index (χ3v) is 6.34. The van der Waals surface area contributed by atoms with E-state index in [1.807, 2.05) is 0 Å². The number of hydrogen-bond donors (Lipinski definition) is 1. The molecule has 0 spiro atoms. The zero-order chi connectivity index (χ0) is 16.9. The molecule has 0 atom stereocenters. The highest BCUT2D eigenvalue weighted by Crippen LogP contribution is 2.26. The van der Waals surface area contributed by atoms with Gasteiger partial charge in [-0.2, -0.15) is 4.31 Å². The van der Waals surface area contributed by atoms with E-state index in [-0.39, 0.29) is 21.9 Å². The highest BCUT2D eigenvalue weighted by Gasteiger charge is 2.33. The molecule has 1 aliphatic heterocycles. The minimum absolute atomic E-state index is 0.0208. The van der Waals surface area contributed by atoms with Gasteiger partial charge in [0.25, 0.3) is 0 Å². The van der Waals surface area contributed by atoms with Crippen molar-refractivity contribution in [3.8, 4) is 0 Å². The average molecular weight is 360 g/mol. The van der Waals surface area contributed by atoms with E-state index < -0.39 is 10.0 Å². The molecule has 8 heteroatoms. The number of pyridine rings is 1. The van der Waals surface area contributed by atoms with Gasteiger partial charge in [-0.1, -0.05) is 24.9 Å². The van der Waals surface area contributed by atoms with Gasteiger partial charge in [-0.3, -0.25) is 4.79 Å². The summed E-state index contributed by atoms with van der Waals surface area (Å²) in [4.78, 5) is 15.9. The van der Waals surface area contributed by atoms with E-state index in [1.54, 1.807) is 6.07 Å². The minimum Gasteiger partial charge on any atom is -0.356 e. The van der Waals surface area contributed by atoms with Crippen molar-refractivity contribution in [1.82, 2.24) is 14.6 Å². The molecule has 0 aromatic carbocycles. The summed E-state index contributed by atoms with van der Waals surface area (Å²) in [6, 6.07) is 3.00. The second-order valence-electron chi connectivity index (χ2n) is 5.62. The molecule has 23 heavy (non-hydrogen) atoms. The van der Waals surface area contributed by atoms with Gasteiger partial charge in [0.2, 0.25) is 15.9 Å². The monoisotopic (exact) mass is 359 g/mol. The van der Waals surface area contributed by atoms with E-state index in [2.05, 4.69) is 17.2 Å². The Kier molecular flexibility index (Phi) is 6.38. The third-order valence-electron chi connectivity index (χ3n) is 4.00. The number of aromatic nitrogens is 1. The maximum Gasteiger partial charge on any atom is 0.246 e. The molecule has 1 aromatic rings. The molecule has 1 aromatic heterocycles. The summed E-state index contributed by atoms with van der Waals surface area (Å²) in [5.41, 5.74) is 0. The van der Waals surface area contributed by atoms with Gasteiger partial charge >= 0.3 is 0 Å². The van der Waals surface area contributed by atoms with Crippen LogP contribution in [0.25, 0.3) is 0 Å². The third kappa shape index (κ3) is 4.43. The number of nitrogens with zero attached hydrogens (tertiary/aromatic N) is 2. The summed E-state index contributed by atoms with van der Waals surface area (Å²) >= 11 is 5.90. The lowest BCUT2D eigenvalue weighted by Crippen LogP contribution is -2.43. The molecule has 0 radical (unpaired) electrons. The molecule has 0 aliphatic carbocycles. The first kappa shape index (κ1) is 18.2. The molecule has 1 fully saturated rings. The van der Waals surface area contributed by atoms with Crippen molar-refractivity contribution in [1.29, 1.82) is 0 Å². The summed E-state index contributed by atoms with van der Waals surface area (Å²) in [6.07, 6.45) is 4.49. The molecule has 1 amide bonds. The van der Waals surface area contributed by atoms with E-state index in [0.717, 1.165) is 12.8 Å². The Balaban J connectivity index is 1.96. The number of piperidine rings is 1. The van der Waals surface area contributed by atoms with Gasteiger partial charge in [0.15, 0.2) is 0 Å². The molecule has 1 aliphatic rings.